The molecule has 1 N–H and O–H groups in total. The van der Waals surface area contributed by atoms with E-state index in [1.54, 1.807) is 36.4 Å². The molecule has 0 aliphatic rings. The number of aliphatic hydroxyl groups is 1. The highest BCUT2D eigenvalue weighted by molar-refractivity contribution is 9.10. The number of rotatable bonds is 2. The van der Waals surface area contributed by atoms with Crippen LogP contribution in [0.3, 0.4) is 0 Å². The summed E-state index contributed by atoms with van der Waals surface area (Å²) in [4.78, 5) is 0. The van der Waals surface area contributed by atoms with Gasteiger partial charge in [0.2, 0.25) is 0 Å². The molecule has 0 amide bonds. The summed E-state index contributed by atoms with van der Waals surface area (Å²) in [6, 6.07) is 11.4. The van der Waals surface area contributed by atoms with E-state index in [9.17, 15) is 9.50 Å². The third-order valence-corrected chi connectivity index (χ3v) is 3.34. The molecule has 0 spiro atoms. The van der Waals surface area contributed by atoms with Crippen LogP contribution in [0.2, 0.25) is 5.02 Å². The van der Waals surface area contributed by atoms with Crippen molar-refractivity contribution >= 4 is 27.5 Å². The first kappa shape index (κ1) is 12.6. The maximum Gasteiger partial charge on any atom is 0.137 e. The Hall–Kier alpha value is -0.900. The lowest BCUT2D eigenvalue weighted by Crippen LogP contribution is -2.00. The predicted molar refractivity (Wildman–Crippen MR) is 69.6 cm³/mol. The van der Waals surface area contributed by atoms with E-state index in [0.29, 0.717) is 20.6 Å². The zero-order valence-electron chi connectivity index (χ0n) is 8.70. The van der Waals surface area contributed by atoms with Gasteiger partial charge < -0.3 is 5.11 Å². The van der Waals surface area contributed by atoms with Gasteiger partial charge >= 0.3 is 0 Å². The summed E-state index contributed by atoms with van der Waals surface area (Å²) in [5.74, 6) is -0.393. The van der Waals surface area contributed by atoms with Crippen molar-refractivity contribution in [1.29, 1.82) is 0 Å². The van der Waals surface area contributed by atoms with Crippen molar-refractivity contribution in [3.8, 4) is 0 Å². The smallest absolute Gasteiger partial charge is 0.137 e. The van der Waals surface area contributed by atoms with Gasteiger partial charge in [0.05, 0.1) is 4.47 Å². The topological polar surface area (TPSA) is 20.2 Å². The molecular formula is C13H9BrClFO. The second-order valence-electron chi connectivity index (χ2n) is 3.63. The lowest BCUT2D eigenvalue weighted by Gasteiger charge is -2.12. The van der Waals surface area contributed by atoms with Crippen LogP contribution >= 0.6 is 27.5 Å². The van der Waals surface area contributed by atoms with E-state index in [1.807, 2.05) is 0 Å². The molecule has 0 fully saturated rings. The second-order valence-corrected chi connectivity index (χ2v) is 4.92. The molecule has 1 nitrogen and oxygen atoms in total. The van der Waals surface area contributed by atoms with Crippen LogP contribution in [0.5, 0.6) is 0 Å². The van der Waals surface area contributed by atoms with Gasteiger partial charge in [0, 0.05) is 5.02 Å². The average Bonchev–Trinajstić information content (AvgIpc) is 2.33. The lowest BCUT2D eigenvalue weighted by molar-refractivity contribution is 0.220. The Morgan fingerprint density at radius 1 is 1.06 bits per heavy atom. The Labute approximate surface area is 112 Å². The molecule has 88 valence electrons. The van der Waals surface area contributed by atoms with Crippen LogP contribution < -0.4 is 0 Å². The van der Waals surface area contributed by atoms with Crippen molar-refractivity contribution in [2.75, 3.05) is 0 Å². The monoisotopic (exact) mass is 314 g/mol. The molecule has 0 aromatic heterocycles. The molecule has 0 aliphatic heterocycles. The second kappa shape index (κ2) is 5.17. The molecule has 0 bridgehead atoms. The molecule has 0 radical (unpaired) electrons. The normalized spacial score (nSPS) is 12.5. The van der Waals surface area contributed by atoms with Crippen molar-refractivity contribution in [2.45, 2.75) is 6.10 Å². The Bertz CT molecular complexity index is 527. The molecule has 0 heterocycles. The van der Waals surface area contributed by atoms with Gasteiger partial charge in [0.1, 0.15) is 11.9 Å². The standard InChI is InChI=1S/C13H9BrClFO/c14-11-6-3-9(7-12(11)16)13(17)8-1-4-10(15)5-2-8/h1-7,13,17H. The van der Waals surface area contributed by atoms with Crippen LogP contribution in [-0.2, 0) is 0 Å². The van der Waals surface area contributed by atoms with Gasteiger partial charge in [-0.25, -0.2) is 4.39 Å². The molecule has 17 heavy (non-hydrogen) atoms. The van der Waals surface area contributed by atoms with E-state index in [4.69, 9.17) is 11.6 Å². The van der Waals surface area contributed by atoms with Crippen molar-refractivity contribution in [3.63, 3.8) is 0 Å². The molecule has 4 heteroatoms. The first-order chi connectivity index (χ1) is 8.08. The summed E-state index contributed by atoms with van der Waals surface area (Å²) >= 11 is 8.83. The Morgan fingerprint density at radius 3 is 2.24 bits per heavy atom. The highest BCUT2D eigenvalue weighted by Gasteiger charge is 2.12. The fourth-order valence-electron chi connectivity index (χ4n) is 1.52. The molecule has 1 unspecified atom stereocenters. The number of hydrogen-bond acceptors (Lipinski definition) is 1. The largest absolute Gasteiger partial charge is 0.384 e. The zero-order chi connectivity index (χ0) is 12.4. The van der Waals surface area contributed by atoms with Crippen molar-refractivity contribution in [1.82, 2.24) is 0 Å². The molecule has 0 saturated carbocycles. The van der Waals surface area contributed by atoms with Gasteiger partial charge in [-0.1, -0.05) is 29.8 Å². The summed E-state index contributed by atoms with van der Waals surface area (Å²) in [5.41, 5.74) is 1.18. The maximum atomic E-state index is 13.3. The van der Waals surface area contributed by atoms with Crippen LogP contribution in [0.4, 0.5) is 4.39 Å². The molecular weight excluding hydrogens is 306 g/mol. The number of hydrogen-bond donors (Lipinski definition) is 1. The predicted octanol–water partition coefficient (Wildman–Crippen LogP) is 4.32. The van der Waals surface area contributed by atoms with E-state index >= 15 is 0 Å². The fraction of sp³-hybridized carbons (Fsp3) is 0.0769. The summed E-state index contributed by atoms with van der Waals surface area (Å²) < 4.78 is 13.7. The molecule has 2 aromatic rings. The van der Waals surface area contributed by atoms with Gasteiger partial charge in [-0.2, -0.15) is 0 Å². The van der Waals surface area contributed by atoms with Crippen LogP contribution in [0, 0.1) is 5.82 Å². The third kappa shape index (κ3) is 2.86. The first-order valence-corrected chi connectivity index (χ1v) is 6.13. The van der Waals surface area contributed by atoms with E-state index in [1.165, 1.54) is 6.07 Å². The summed E-state index contributed by atoms with van der Waals surface area (Å²) in [5, 5.41) is 10.7. The van der Waals surface area contributed by atoms with Crippen molar-refractivity contribution in [3.05, 3.63) is 68.9 Å². The molecule has 0 aliphatic carbocycles. The summed E-state index contributed by atoms with van der Waals surface area (Å²) in [6.07, 6.45) is -0.852. The number of benzene rings is 2. The van der Waals surface area contributed by atoms with Crippen LogP contribution in [0.25, 0.3) is 0 Å². The molecule has 2 aromatic carbocycles. The minimum absolute atomic E-state index is 0.379. The lowest BCUT2D eigenvalue weighted by atomic mass is 10.0. The minimum atomic E-state index is -0.852. The summed E-state index contributed by atoms with van der Waals surface area (Å²) in [7, 11) is 0. The number of halogens is 3. The Morgan fingerprint density at radius 2 is 1.65 bits per heavy atom. The van der Waals surface area contributed by atoms with Gasteiger partial charge in [0.25, 0.3) is 0 Å². The maximum absolute atomic E-state index is 13.3. The van der Waals surface area contributed by atoms with Crippen molar-refractivity contribution < 1.29 is 9.50 Å². The highest BCUT2D eigenvalue weighted by atomic mass is 79.9. The SMILES string of the molecule is OC(c1ccc(Cl)cc1)c1ccc(Br)c(F)c1. The van der Waals surface area contributed by atoms with Crippen molar-refractivity contribution in [2.24, 2.45) is 0 Å². The average molecular weight is 316 g/mol. The summed E-state index contributed by atoms with van der Waals surface area (Å²) in [6.45, 7) is 0. The molecule has 2 rings (SSSR count). The molecule has 1 atom stereocenters. The van der Waals surface area contributed by atoms with E-state index in [0.717, 1.165) is 0 Å². The minimum Gasteiger partial charge on any atom is -0.384 e. The van der Waals surface area contributed by atoms with Crippen LogP contribution in [-0.4, -0.2) is 5.11 Å². The number of aliphatic hydroxyl groups excluding tert-OH is 1. The van der Waals surface area contributed by atoms with E-state index in [-0.39, 0.29) is 0 Å². The third-order valence-electron chi connectivity index (χ3n) is 2.45. The fourth-order valence-corrected chi connectivity index (χ4v) is 1.89. The van der Waals surface area contributed by atoms with Gasteiger partial charge in [-0.15, -0.1) is 0 Å². The molecule has 0 saturated heterocycles. The Kier molecular flexibility index (Phi) is 3.82. The first-order valence-electron chi connectivity index (χ1n) is 4.96. The highest BCUT2D eigenvalue weighted by Crippen LogP contribution is 2.26. The van der Waals surface area contributed by atoms with E-state index in [2.05, 4.69) is 15.9 Å². The van der Waals surface area contributed by atoms with Gasteiger partial charge in [0.15, 0.2) is 0 Å². The van der Waals surface area contributed by atoms with Gasteiger partial charge in [-0.05, 0) is 51.3 Å². The van der Waals surface area contributed by atoms with Crippen LogP contribution in [0.15, 0.2) is 46.9 Å². The zero-order valence-corrected chi connectivity index (χ0v) is 11.0. The van der Waals surface area contributed by atoms with Crippen LogP contribution in [0.1, 0.15) is 17.2 Å². The van der Waals surface area contributed by atoms with E-state index < -0.39 is 11.9 Å². The Balaban J connectivity index is 2.33. The van der Waals surface area contributed by atoms with Gasteiger partial charge in [-0.3, -0.25) is 0 Å². The quantitative estimate of drug-likeness (QED) is 0.875.